The minimum Gasteiger partial charge on any atom is -0.491 e. The molecule has 1 aromatic rings. The number of nitrogens with zero attached hydrogens (tertiary/aromatic N) is 1. The molecule has 18 heavy (non-hydrogen) atoms. The molecule has 0 unspecified atom stereocenters. The van der Waals surface area contributed by atoms with E-state index in [1.165, 1.54) is 38.2 Å². The lowest BCUT2D eigenvalue weighted by molar-refractivity contribution is 0.321. The number of piperidine rings is 1. The van der Waals surface area contributed by atoms with E-state index in [1.54, 1.807) is 0 Å². The van der Waals surface area contributed by atoms with Crippen molar-refractivity contribution in [3.63, 3.8) is 0 Å². The van der Waals surface area contributed by atoms with Gasteiger partial charge in [0.15, 0.2) is 0 Å². The predicted molar refractivity (Wildman–Crippen MR) is 74.4 cm³/mol. The first-order chi connectivity index (χ1) is 8.93. The maximum Gasteiger partial charge on any atom is 0.142 e. The summed E-state index contributed by atoms with van der Waals surface area (Å²) in [5.41, 5.74) is 1.29. The zero-order valence-corrected chi connectivity index (χ0v) is 10.9. The number of anilines is 1. The van der Waals surface area contributed by atoms with Gasteiger partial charge in [0.2, 0.25) is 0 Å². The van der Waals surface area contributed by atoms with E-state index < -0.39 is 0 Å². The summed E-state index contributed by atoms with van der Waals surface area (Å²) in [4.78, 5) is 2.53. The maximum atomic E-state index is 5.81. The molecule has 0 bridgehead atoms. The molecule has 3 rings (SSSR count). The summed E-state index contributed by atoms with van der Waals surface area (Å²) in [6, 6.07) is 8.47. The first-order valence-corrected chi connectivity index (χ1v) is 7.11. The van der Waals surface area contributed by atoms with Gasteiger partial charge in [-0.25, -0.2) is 0 Å². The second-order valence-electron chi connectivity index (χ2n) is 5.31. The van der Waals surface area contributed by atoms with Gasteiger partial charge in [-0.05, 0) is 50.4 Å². The molecule has 1 N–H and O–H groups in total. The highest BCUT2D eigenvalue weighted by Gasteiger charge is 2.20. The Morgan fingerprint density at radius 2 is 2.06 bits per heavy atom. The van der Waals surface area contributed by atoms with E-state index in [4.69, 9.17) is 4.74 Å². The molecule has 0 aliphatic carbocycles. The third-order valence-corrected chi connectivity index (χ3v) is 3.97. The van der Waals surface area contributed by atoms with Gasteiger partial charge < -0.3 is 15.0 Å². The molecule has 1 fully saturated rings. The molecule has 1 aromatic carbocycles. The van der Waals surface area contributed by atoms with Crippen molar-refractivity contribution >= 4 is 5.69 Å². The maximum absolute atomic E-state index is 5.81. The number of nitrogens with one attached hydrogen (secondary N) is 1. The molecular formula is C15H22N2O. The summed E-state index contributed by atoms with van der Waals surface area (Å²) in [6.07, 6.45) is 3.73. The standard InChI is InChI=1S/C15H22N2O/c1-2-5-15-14(4-1)17(10-3-11-18-15)12-13-6-8-16-9-7-13/h1-2,4-5,13,16H,3,6-12H2. The van der Waals surface area contributed by atoms with Crippen molar-refractivity contribution in [2.75, 3.05) is 37.7 Å². The lowest BCUT2D eigenvalue weighted by Gasteiger charge is -2.31. The number of para-hydroxylation sites is 2. The number of rotatable bonds is 2. The van der Waals surface area contributed by atoms with Crippen molar-refractivity contribution in [1.82, 2.24) is 5.32 Å². The average Bonchev–Trinajstić information content (AvgIpc) is 2.63. The van der Waals surface area contributed by atoms with E-state index >= 15 is 0 Å². The van der Waals surface area contributed by atoms with E-state index in [2.05, 4.69) is 34.5 Å². The van der Waals surface area contributed by atoms with Crippen molar-refractivity contribution < 1.29 is 4.74 Å². The van der Waals surface area contributed by atoms with Gasteiger partial charge in [-0.2, -0.15) is 0 Å². The minimum atomic E-state index is 0.831. The Hall–Kier alpha value is -1.22. The van der Waals surface area contributed by atoms with E-state index in [0.29, 0.717) is 0 Å². The summed E-state index contributed by atoms with van der Waals surface area (Å²) >= 11 is 0. The minimum absolute atomic E-state index is 0.831. The number of fused-ring (bicyclic) bond motifs is 1. The highest BCUT2D eigenvalue weighted by Crippen LogP contribution is 2.31. The van der Waals surface area contributed by atoms with Crippen LogP contribution in [-0.2, 0) is 0 Å². The number of hydrogen-bond donors (Lipinski definition) is 1. The van der Waals surface area contributed by atoms with Crippen LogP contribution in [0.3, 0.4) is 0 Å². The fourth-order valence-corrected chi connectivity index (χ4v) is 2.96. The Bertz CT molecular complexity index is 388. The van der Waals surface area contributed by atoms with Crippen molar-refractivity contribution in [1.29, 1.82) is 0 Å². The first-order valence-electron chi connectivity index (χ1n) is 7.11. The highest BCUT2D eigenvalue weighted by molar-refractivity contribution is 5.58. The molecule has 2 heterocycles. The van der Waals surface area contributed by atoms with Crippen LogP contribution < -0.4 is 15.0 Å². The molecule has 2 aliphatic heterocycles. The van der Waals surface area contributed by atoms with Crippen LogP contribution in [0.4, 0.5) is 5.69 Å². The highest BCUT2D eigenvalue weighted by atomic mass is 16.5. The van der Waals surface area contributed by atoms with Gasteiger partial charge in [0.05, 0.1) is 12.3 Å². The Balaban J connectivity index is 1.74. The Morgan fingerprint density at radius 1 is 1.22 bits per heavy atom. The molecule has 2 aliphatic rings. The Kier molecular flexibility index (Phi) is 3.69. The third kappa shape index (κ3) is 2.61. The SMILES string of the molecule is c1ccc2c(c1)OCCCN2CC1CCNCC1. The van der Waals surface area contributed by atoms with Crippen LogP contribution in [0.2, 0.25) is 0 Å². The molecule has 0 radical (unpaired) electrons. The second-order valence-corrected chi connectivity index (χ2v) is 5.31. The van der Waals surface area contributed by atoms with Crippen molar-refractivity contribution in [3.8, 4) is 5.75 Å². The molecule has 0 atom stereocenters. The van der Waals surface area contributed by atoms with E-state index in [1.807, 2.05) is 0 Å². The van der Waals surface area contributed by atoms with Crippen LogP contribution >= 0.6 is 0 Å². The number of ether oxygens (including phenoxy) is 1. The fraction of sp³-hybridized carbons (Fsp3) is 0.600. The lowest BCUT2D eigenvalue weighted by Crippen LogP contribution is -2.36. The molecule has 1 saturated heterocycles. The Morgan fingerprint density at radius 3 is 2.94 bits per heavy atom. The van der Waals surface area contributed by atoms with Gasteiger partial charge in [-0.1, -0.05) is 12.1 Å². The monoisotopic (exact) mass is 246 g/mol. The van der Waals surface area contributed by atoms with Crippen molar-refractivity contribution in [2.24, 2.45) is 5.92 Å². The summed E-state index contributed by atoms with van der Waals surface area (Å²) in [7, 11) is 0. The topological polar surface area (TPSA) is 24.5 Å². The van der Waals surface area contributed by atoms with Gasteiger partial charge >= 0.3 is 0 Å². The van der Waals surface area contributed by atoms with Crippen LogP contribution in [0.25, 0.3) is 0 Å². The Labute approximate surface area is 109 Å². The quantitative estimate of drug-likeness (QED) is 0.866. The first kappa shape index (κ1) is 11.8. The van der Waals surface area contributed by atoms with Crippen molar-refractivity contribution in [3.05, 3.63) is 24.3 Å². The molecule has 3 nitrogen and oxygen atoms in total. The average molecular weight is 246 g/mol. The predicted octanol–water partition coefficient (Wildman–Crippen LogP) is 2.28. The van der Waals surface area contributed by atoms with Gasteiger partial charge in [0.25, 0.3) is 0 Å². The number of hydrogen-bond acceptors (Lipinski definition) is 3. The molecular weight excluding hydrogens is 224 g/mol. The van der Waals surface area contributed by atoms with E-state index in [0.717, 1.165) is 31.2 Å². The van der Waals surface area contributed by atoms with Gasteiger partial charge in [0, 0.05) is 13.1 Å². The van der Waals surface area contributed by atoms with Crippen LogP contribution in [0.1, 0.15) is 19.3 Å². The lowest BCUT2D eigenvalue weighted by atomic mass is 9.97. The van der Waals surface area contributed by atoms with Gasteiger partial charge in [-0.15, -0.1) is 0 Å². The normalized spacial score (nSPS) is 21.0. The summed E-state index contributed by atoms with van der Waals surface area (Å²) in [5.74, 6) is 1.89. The van der Waals surface area contributed by atoms with Crippen LogP contribution in [-0.4, -0.2) is 32.8 Å². The number of benzene rings is 1. The fourth-order valence-electron chi connectivity index (χ4n) is 2.96. The molecule has 0 aromatic heterocycles. The van der Waals surface area contributed by atoms with Gasteiger partial charge in [0.1, 0.15) is 5.75 Å². The summed E-state index contributed by atoms with van der Waals surface area (Å²) < 4.78 is 5.81. The van der Waals surface area contributed by atoms with Crippen LogP contribution in [0, 0.1) is 5.92 Å². The van der Waals surface area contributed by atoms with Crippen molar-refractivity contribution in [2.45, 2.75) is 19.3 Å². The largest absolute Gasteiger partial charge is 0.491 e. The van der Waals surface area contributed by atoms with Crippen LogP contribution in [0.15, 0.2) is 24.3 Å². The molecule has 0 spiro atoms. The zero-order chi connectivity index (χ0) is 12.2. The van der Waals surface area contributed by atoms with E-state index in [9.17, 15) is 0 Å². The van der Waals surface area contributed by atoms with Gasteiger partial charge in [-0.3, -0.25) is 0 Å². The summed E-state index contributed by atoms with van der Waals surface area (Å²) in [6.45, 7) is 5.51. The smallest absolute Gasteiger partial charge is 0.142 e. The molecule has 98 valence electrons. The molecule has 0 saturated carbocycles. The summed E-state index contributed by atoms with van der Waals surface area (Å²) in [5, 5.41) is 3.44. The van der Waals surface area contributed by atoms with Crippen LogP contribution in [0.5, 0.6) is 5.75 Å². The second kappa shape index (κ2) is 5.61. The molecule has 0 amide bonds. The third-order valence-electron chi connectivity index (χ3n) is 3.97. The van der Waals surface area contributed by atoms with E-state index in [-0.39, 0.29) is 0 Å². The zero-order valence-electron chi connectivity index (χ0n) is 10.9. The molecule has 3 heteroatoms.